The average molecular weight is 456 g/mol. The maximum absolute atomic E-state index is 11.1. The number of hydrogen-bond acceptors (Lipinski definition) is 7. The fraction of sp³-hybridized carbons (Fsp3) is 0.542. The van der Waals surface area contributed by atoms with E-state index in [1.54, 1.807) is 18.4 Å². The first-order valence-electron chi connectivity index (χ1n) is 11.6. The largest absolute Gasteiger partial charge is 0.385 e. The molecule has 0 amide bonds. The number of rotatable bonds is 7. The summed E-state index contributed by atoms with van der Waals surface area (Å²) in [5.41, 5.74) is 4.73. The van der Waals surface area contributed by atoms with Gasteiger partial charge in [0.25, 0.3) is 0 Å². The molecule has 2 aliphatic rings. The Morgan fingerprint density at radius 2 is 2.00 bits per heavy atom. The Hall–Kier alpha value is -1.97. The molecule has 4 N–H and O–H groups in total. The third-order valence-corrected chi connectivity index (χ3v) is 8.28. The van der Waals surface area contributed by atoms with E-state index in [9.17, 15) is 5.11 Å². The van der Waals surface area contributed by atoms with E-state index in [-0.39, 0.29) is 12.1 Å². The van der Waals surface area contributed by atoms with Crippen LogP contribution in [0.3, 0.4) is 0 Å². The number of methoxy groups -OCH3 is 1. The van der Waals surface area contributed by atoms with E-state index >= 15 is 0 Å². The Kier molecular flexibility index (Phi) is 5.98. The van der Waals surface area contributed by atoms with E-state index in [1.165, 1.54) is 15.1 Å². The summed E-state index contributed by atoms with van der Waals surface area (Å²) in [5, 5.41) is 26.4. The Labute approximate surface area is 193 Å². The van der Waals surface area contributed by atoms with Gasteiger partial charge in [0.1, 0.15) is 5.69 Å². The molecule has 7 nitrogen and oxygen atoms in total. The molecular weight excluding hydrogens is 422 g/mol. The number of anilines is 1. The number of nitrogens with zero attached hydrogens (tertiary/aromatic N) is 2. The fourth-order valence-electron chi connectivity index (χ4n) is 5.21. The van der Waals surface area contributed by atoms with Crippen molar-refractivity contribution < 1.29 is 9.84 Å². The minimum Gasteiger partial charge on any atom is -0.385 e. The summed E-state index contributed by atoms with van der Waals surface area (Å²) in [5.74, 6) is 0. The van der Waals surface area contributed by atoms with E-state index in [4.69, 9.17) is 9.84 Å². The zero-order chi connectivity index (χ0) is 22.3. The predicted molar refractivity (Wildman–Crippen MR) is 129 cm³/mol. The van der Waals surface area contributed by atoms with Gasteiger partial charge in [-0.1, -0.05) is 26.0 Å². The van der Waals surface area contributed by atoms with Crippen molar-refractivity contribution in [1.82, 2.24) is 20.4 Å². The van der Waals surface area contributed by atoms with Gasteiger partial charge in [0, 0.05) is 43.9 Å². The van der Waals surface area contributed by atoms with Crippen molar-refractivity contribution in [2.24, 2.45) is 0 Å². The highest BCUT2D eigenvalue weighted by Crippen LogP contribution is 2.49. The van der Waals surface area contributed by atoms with E-state index < -0.39 is 5.60 Å². The molecule has 2 unspecified atom stereocenters. The van der Waals surface area contributed by atoms with E-state index in [2.05, 4.69) is 44.9 Å². The number of fused-ring (bicyclic) bond motifs is 2. The lowest BCUT2D eigenvalue weighted by Gasteiger charge is -2.35. The van der Waals surface area contributed by atoms with Crippen LogP contribution in [0.2, 0.25) is 0 Å². The molecule has 8 heteroatoms. The zero-order valence-corrected chi connectivity index (χ0v) is 19.9. The molecular formula is C24H33N5O2S. The monoisotopic (exact) mass is 455 g/mol. The van der Waals surface area contributed by atoms with Crippen LogP contribution in [-0.2, 0) is 16.9 Å². The molecule has 5 rings (SSSR count). The van der Waals surface area contributed by atoms with Crippen LogP contribution in [0.1, 0.15) is 60.5 Å². The maximum Gasteiger partial charge on any atom is 0.104 e. The van der Waals surface area contributed by atoms with Gasteiger partial charge in [-0.25, -0.2) is 0 Å². The normalized spacial score (nSPS) is 21.8. The van der Waals surface area contributed by atoms with Crippen LogP contribution in [0, 0.1) is 0 Å². The topological polar surface area (TPSA) is 85.4 Å². The molecule has 2 atom stereocenters. The van der Waals surface area contributed by atoms with Crippen molar-refractivity contribution >= 4 is 27.2 Å². The summed E-state index contributed by atoms with van der Waals surface area (Å²) in [6, 6.07) is 8.89. The summed E-state index contributed by atoms with van der Waals surface area (Å²) in [7, 11) is 1.73. The minimum atomic E-state index is -0.790. The van der Waals surface area contributed by atoms with Crippen molar-refractivity contribution in [1.29, 1.82) is 0 Å². The van der Waals surface area contributed by atoms with Gasteiger partial charge >= 0.3 is 0 Å². The first kappa shape index (κ1) is 21.9. The molecule has 2 aromatic heterocycles. The summed E-state index contributed by atoms with van der Waals surface area (Å²) >= 11 is 1.75. The SMILES string of the molecule is CCC(O)(CC)c1ccc2c(c1)NC(c1n[nH]c3cc(COC)sc13)C2N1CCNCC1. The van der Waals surface area contributed by atoms with Crippen LogP contribution in [0.15, 0.2) is 24.3 Å². The molecule has 4 heterocycles. The molecule has 0 aliphatic carbocycles. The molecule has 3 aromatic rings. The Bertz CT molecular complexity index is 1080. The number of piperazine rings is 1. The molecule has 1 saturated heterocycles. The maximum atomic E-state index is 11.1. The number of hydrogen-bond donors (Lipinski definition) is 4. The lowest BCUT2D eigenvalue weighted by molar-refractivity contribution is 0.0284. The quantitative estimate of drug-likeness (QED) is 0.433. The van der Waals surface area contributed by atoms with Gasteiger partial charge in [-0.15, -0.1) is 11.3 Å². The van der Waals surface area contributed by atoms with Crippen LogP contribution < -0.4 is 10.6 Å². The van der Waals surface area contributed by atoms with Gasteiger partial charge < -0.3 is 20.5 Å². The third kappa shape index (κ3) is 3.64. The molecule has 1 aromatic carbocycles. The van der Waals surface area contributed by atoms with Gasteiger partial charge in [-0.2, -0.15) is 5.10 Å². The first-order chi connectivity index (χ1) is 15.6. The highest BCUT2D eigenvalue weighted by atomic mass is 32.1. The first-order valence-corrected chi connectivity index (χ1v) is 12.4. The average Bonchev–Trinajstić information content (AvgIpc) is 3.51. The number of nitrogens with one attached hydrogen (secondary N) is 3. The van der Waals surface area contributed by atoms with Crippen LogP contribution in [-0.4, -0.2) is 53.5 Å². The summed E-state index contributed by atoms with van der Waals surface area (Å²) in [6.07, 6.45) is 1.40. The number of H-pyrrole nitrogens is 1. The lowest BCUT2D eigenvalue weighted by Crippen LogP contribution is -2.46. The number of aromatic amines is 1. The highest BCUT2D eigenvalue weighted by Gasteiger charge is 2.41. The zero-order valence-electron chi connectivity index (χ0n) is 19.1. The minimum absolute atomic E-state index is 0.0532. The Morgan fingerprint density at radius 3 is 2.72 bits per heavy atom. The van der Waals surface area contributed by atoms with E-state index in [0.29, 0.717) is 19.4 Å². The second kappa shape index (κ2) is 8.76. The number of aromatic nitrogens is 2. The smallest absolute Gasteiger partial charge is 0.104 e. The van der Waals surface area contributed by atoms with E-state index in [0.717, 1.165) is 48.6 Å². The van der Waals surface area contributed by atoms with Crippen molar-refractivity contribution in [2.75, 3.05) is 38.6 Å². The number of aliphatic hydroxyl groups is 1. The molecule has 1 fully saturated rings. The standard InChI is InChI=1S/C24H33N5O2S/c1-4-24(30,5-2)15-6-7-17-18(12-15)26-20(22(17)29-10-8-25-9-11-29)21-23-19(27-28-21)13-16(32-23)14-31-3/h6-7,12-13,20,22,25-26,30H,4-5,8-11,14H2,1-3H3,(H,27,28). The van der Waals surface area contributed by atoms with Gasteiger partial charge in [0.05, 0.1) is 34.5 Å². The number of thiophene rings is 1. The Balaban J connectivity index is 1.57. The van der Waals surface area contributed by atoms with Gasteiger partial charge in [-0.05, 0) is 36.1 Å². The molecule has 0 radical (unpaired) electrons. The molecule has 0 spiro atoms. The van der Waals surface area contributed by atoms with Crippen LogP contribution in [0.25, 0.3) is 10.2 Å². The highest BCUT2D eigenvalue weighted by molar-refractivity contribution is 7.19. The van der Waals surface area contributed by atoms with Crippen molar-refractivity contribution in [3.05, 3.63) is 46.0 Å². The molecule has 0 saturated carbocycles. The molecule has 32 heavy (non-hydrogen) atoms. The Morgan fingerprint density at radius 1 is 1.22 bits per heavy atom. The number of benzene rings is 1. The van der Waals surface area contributed by atoms with Gasteiger partial charge in [-0.3, -0.25) is 10.00 Å². The van der Waals surface area contributed by atoms with Crippen LogP contribution in [0.5, 0.6) is 0 Å². The van der Waals surface area contributed by atoms with Crippen LogP contribution in [0.4, 0.5) is 5.69 Å². The molecule has 2 aliphatic heterocycles. The van der Waals surface area contributed by atoms with Gasteiger partial charge in [0.15, 0.2) is 0 Å². The molecule has 0 bridgehead atoms. The summed E-state index contributed by atoms with van der Waals surface area (Å²) < 4.78 is 6.54. The summed E-state index contributed by atoms with van der Waals surface area (Å²) in [6.45, 7) is 8.71. The second-order valence-corrected chi connectivity index (χ2v) is 10.0. The summed E-state index contributed by atoms with van der Waals surface area (Å²) in [4.78, 5) is 3.76. The predicted octanol–water partition coefficient (Wildman–Crippen LogP) is 3.89. The fourth-order valence-corrected chi connectivity index (χ4v) is 6.32. The molecule has 172 valence electrons. The van der Waals surface area contributed by atoms with Crippen molar-refractivity contribution in [2.45, 2.75) is 51.0 Å². The van der Waals surface area contributed by atoms with Gasteiger partial charge in [0.2, 0.25) is 0 Å². The van der Waals surface area contributed by atoms with E-state index in [1.807, 2.05) is 13.8 Å². The van der Waals surface area contributed by atoms with Crippen molar-refractivity contribution in [3.63, 3.8) is 0 Å². The lowest BCUT2D eigenvalue weighted by atomic mass is 9.87. The third-order valence-electron chi connectivity index (χ3n) is 7.14. The number of ether oxygens (including phenoxy) is 1. The second-order valence-electron chi connectivity index (χ2n) is 8.89. The van der Waals surface area contributed by atoms with Crippen LogP contribution >= 0.6 is 11.3 Å². The van der Waals surface area contributed by atoms with Crippen molar-refractivity contribution in [3.8, 4) is 0 Å².